The molecule has 4 nitrogen and oxygen atoms in total. The van der Waals surface area contributed by atoms with E-state index in [1.807, 2.05) is 63.5 Å². The van der Waals surface area contributed by atoms with Crippen molar-refractivity contribution < 1.29 is 4.79 Å². The van der Waals surface area contributed by atoms with Crippen LogP contribution in [-0.4, -0.2) is 37.2 Å². The minimum atomic E-state index is -0.118. The van der Waals surface area contributed by atoms with Gasteiger partial charge in [-0.2, -0.15) is 5.10 Å². The second kappa shape index (κ2) is 7.40. The number of nitrogens with one attached hydrogen (secondary N) is 1. The fourth-order valence-corrected chi connectivity index (χ4v) is 1.29. The monoisotopic (exact) mass is 245 g/mol. The molecule has 1 aromatic carbocycles. The molecule has 18 heavy (non-hydrogen) atoms. The van der Waals surface area contributed by atoms with Crippen LogP contribution >= 0.6 is 0 Å². The summed E-state index contributed by atoms with van der Waals surface area (Å²) in [7, 11) is 3.68. The summed E-state index contributed by atoms with van der Waals surface area (Å²) in [4.78, 5) is 13.1. The number of hydrazone groups is 1. The SMILES string of the molecule is CC(C=Cc1ccccc1)=NNC(=O)CN(C)C. The maximum atomic E-state index is 11.3. The van der Waals surface area contributed by atoms with Crippen molar-refractivity contribution in [2.75, 3.05) is 20.6 Å². The van der Waals surface area contributed by atoms with Gasteiger partial charge in [-0.05, 0) is 32.7 Å². The summed E-state index contributed by atoms with van der Waals surface area (Å²) < 4.78 is 0. The van der Waals surface area contributed by atoms with Gasteiger partial charge in [-0.15, -0.1) is 0 Å². The Morgan fingerprint density at radius 1 is 1.33 bits per heavy atom. The van der Waals surface area contributed by atoms with E-state index in [0.29, 0.717) is 6.54 Å². The summed E-state index contributed by atoms with van der Waals surface area (Å²) in [5, 5.41) is 4.00. The zero-order chi connectivity index (χ0) is 13.4. The van der Waals surface area contributed by atoms with Gasteiger partial charge in [-0.25, -0.2) is 5.43 Å². The number of amides is 1. The van der Waals surface area contributed by atoms with Crippen molar-refractivity contribution in [2.45, 2.75) is 6.92 Å². The smallest absolute Gasteiger partial charge is 0.254 e. The quantitative estimate of drug-likeness (QED) is 0.634. The van der Waals surface area contributed by atoms with Crippen LogP contribution in [0.4, 0.5) is 0 Å². The molecule has 0 unspecified atom stereocenters. The second-order valence-corrected chi connectivity index (χ2v) is 4.27. The van der Waals surface area contributed by atoms with Crippen LogP contribution in [0.3, 0.4) is 0 Å². The predicted octanol–water partition coefficient (Wildman–Crippen LogP) is 1.75. The molecule has 1 aromatic rings. The molecular weight excluding hydrogens is 226 g/mol. The van der Waals surface area contributed by atoms with Gasteiger partial charge in [-0.3, -0.25) is 4.79 Å². The number of benzene rings is 1. The average molecular weight is 245 g/mol. The van der Waals surface area contributed by atoms with E-state index in [1.54, 1.807) is 4.90 Å². The third-order valence-electron chi connectivity index (χ3n) is 2.13. The minimum Gasteiger partial charge on any atom is -0.301 e. The first-order valence-corrected chi connectivity index (χ1v) is 5.79. The van der Waals surface area contributed by atoms with Crippen molar-refractivity contribution in [3.63, 3.8) is 0 Å². The lowest BCUT2D eigenvalue weighted by Crippen LogP contribution is -2.30. The first-order valence-electron chi connectivity index (χ1n) is 5.79. The zero-order valence-corrected chi connectivity index (χ0v) is 11.1. The van der Waals surface area contributed by atoms with Gasteiger partial charge in [-0.1, -0.05) is 36.4 Å². The van der Waals surface area contributed by atoms with Crippen molar-refractivity contribution in [2.24, 2.45) is 5.10 Å². The van der Waals surface area contributed by atoms with Crippen LogP contribution in [0.5, 0.6) is 0 Å². The van der Waals surface area contributed by atoms with E-state index in [0.717, 1.165) is 11.3 Å². The molecule has 0 bridgehead atoms. The molecule has 0 spiro atoms. The summed E-state index contributed by atoms with van der Waals surface area (Å²) in [5.41, 5.74) is 4.37. The molecule has 0 heterocycles. The Bertz CT molecular complexity index is 436. The van der Waals surface area contributed by atoms with Crippen molar-refractivity contribution in [3.8, 4) is 0 Å². The lowest BCUT2D eigenvalue weighted by molar-refractivity contribution is -0.121. The lowest BCUT2D eigenvalue weighted by Gasteiger charge is -2.07. The van der Waals surface area contributed by atoms with Crippen molar-refractivity contribution in [3.05, 3.63) is 42.0 Å². The van der Waals surface area contributed by atoms with Gasteiger partial charge in [0, 0.05) is 0 Å². The first kappa shape index (κ1) is 14.1. The lowest BCUT2D eigenvalue weighted by atomic mass is 10.2. The van der Waals surface area contributed by atoms with Gasteiger partial charge < -0.3 is 4.90 Å². The topological polar surface area (TPSA) is 44.7 Å². The second-order valence-electron chi connectivity index (χ2n) is 4.27. The molecule has 0 atom stereocenters. The van der Waals surface area contributed by atoms with E-state index in [-0.39, 0.29) is 5.91 Å². The van der Waals surface area contributed by atoms with Crippen molar-refractivity contribution in [1.82, 2.24) is 10.3 Å². The Labute approximate surface area is 108 Å². The summed E-state index contributed by atoms with van der Waals surface area (Å²) in [5.74, 6) is -0.118. The molecule has 1 N–H and O–H groups in total. The Morgan fingerprint density at radius 3 is 2.61 bits per heavy atom. The highest BCUT2D eigenvalue weighted by Gasteiger charge is 2.00. The Hall–Kier alpha value is -1.94. The third-order valence-corrected chi connectivity index (χ3v) is 2.13. The summed E-state index contributed by atoms with van der Waals surface area (Å²) in [6, 6.07) is 9.94. The van der Waals surface area contributed by atoms with Crippen LogP contribution < -0.4 is 5.43 Å². The number of carbonyl (C=O) groups excluding carboxylic acids is 1. The van der Waals surface area contributed by atoms with Gasteiger partial charge in [0.2, 0.25) is 0 Å². The number of likely N-dealkylation sites (N-methyl/N-ethyl adjacent to an activating group) is 1. The van der Waals surface area contributed by atoms with Crippen LogP contribution in [0.1, 0.15) is 12.5 Å². The van der Waals surface area contributed by atoms with Gasteiger partial charge in [0.1, 0.15) is 0 Å². The third kappa shape index (κ3) is 5.96. The molecule has 0 aliphatic carbocycles. The molecule has 0 saturated carbocycles. The Kier molecular flexibility index (Phi) is 5.80. The highest BCUT2D eigenvalue weighted by Crippen LogP contribution is 2.00. The van der Waals surface area contributed by atoms with Gasteiger partial charge in [0.15, 0.2) is 0 Å². The zero-order valence-electron chi connectivity index (χ0n) is 11.1. The van der Waals surface area contributed by atoms with Gasteiger partial charge in [0.25, 0.3) is 5.91 Å². The Morgan fingerprint density at radius 2 is 2.00 bits per heavy atom. The average Bonchev–Trinajstić information content (AvgIpc) is 2.34. The number of rotatable bonds is 5. The maximum Gasteiger partial charge on any atom is 0.254 e. The van der Waals surface area contributed by atoms with E-state index in [2.05, 4.69) is 10.5 Å². The molecule has 0 aliphatic rings. The molecule has 1 rings (SSSR count). The van der Waals surface area contributed by atoms with E-state index < -0.39 is 0 Å². The van der Waals surface area contributed by atoms with E-state index in [1.165, 1.54) is 0 Å². The molecule has 0 aromatic heterocycles. The summed E-state index contributed by atoms with van der Waals surface area (Å²) >= 11 is 0. The van der Waals surface area contributed by atoms with Crippen molar-refractivity contribution in [1.29, 1.82) is 0 Å². The standard InChI is InChI=1S/C14H19N3O/c1-12(15-16-14(18)11-17(2)3)9-10-13-7-5-4-6-8-13/h4-10H,11H2,1-3H3,(H,16,18). The molecule has 1 amide bonds. The normalized spacial score (nSPS) is 12.1. The van der Waals surface area contributed by atoms with Crippen molar-refractivity contribution >= 4 is 17.7 Å². The van der Waals surface area contributed by atoms with E-state index in [4.69, 9.17) is 0 Å². The Balaban J connectivity index is 2.47. The molecule has 0 radical (unpaired) electrons. The minimum absolute atomic E-state index is 0.118. The van der Waals surface area contributed by atoms with Crippen LogP contribution in [-0.2, 0) is 4.79 Å². The number of hydrogen-bond acceptors (Lipinski definition) is 3. The maximum absolute atomic E-state index is 11.3. The number of carbonyl (C=O) groups is 1. The number of hydrogen-bond donors (Lipinski definition) is 1. The number of nitrogens with zero attached hydrogens (tertiary/aromatic N) is 2. The van der Waals surface area contributed by atoms with E-state index >= 15 is 0 Å². The number of allylic oxidation sites excluding steroid dienone is 1. The van der Waals surface area contributed by atoms with E-state index in [9.17, 15) is 4.79 Å². The molecule has 4 heteroatoms. The van der Waals surface area contributed by atoms with Crippen LogP contribution in [0.15, 0.2) is 41.5 Å². The fourth-order valence-electron chi connectivity index (χ4n) is 1.29. The fraction of sp³-hybridized carbons (Fsp3) is 0.286. The molecular formula is C14H19N3O. The highest BCUT2D eigenvalue weighted by molar-refractivity contribution is 5.97. The van der Waals surface area contributed by atoms with Crippen LogP contribution in [0.25, 0.3) is 6.08 Å². The molecule has 96 valence electrons. The molecule has 0 aliphatic heterocycles. The summed E-state index contributed by atoms with van der Waals surface area (Å²) in [6.45, 7) is 2.18. The first-order chi connectivity index (χ1) is 8.58. The molecule has 0 fully saturated rings. The molecule has 0 saturated heterocycles. The van der Waals surface area contributed by atoms with Gasteiger partial charge in [0.05, 0.1) is 12.3 Å². The van der Waals surface area contributed by atoms with Gasteiger partial charge >= 0.3 is 0 Å². The summed E-state index contributed by atoms with van der Waals surface area (Å²) in [6.07, 6.45) is 3.82. The van der Waals surface area contributed by atoms with Crippen LogP contribution in [0, 0.1) is 0 Å². The van der Waals surface area contributed by atoms with Crippen LogP contribution in [0.2, 0.25) is 0 Å². The predicted molar refractivity (Wildman–Crippen MR) is 75.3 cm³/mol. The largest absolute Gasteiger partial charge is 0.301 e. The highest BCUT2D eigenvalue weighted by atomic mass is 16.2.